The minimum Gasteiger partial charge on any atom is -0.473 e. The van der Waals surface area contributed by atoms with Crippen LogP contribution in [-0.4, -0.2) is 12.8 Å². The average molecular weight is 363 g/mol. The minimum absolute atomic E-state index is 0.131. The Morgan fingerprint density at radius 1 is 1.14 bits per heavy atom. The van der Waals surface area contributed by atoms with Gasteiger partial charge in [0.15, 0.2) is 6.73 Å². The first kappa shape index (κ1) is 16.4. The number of amides is 2. The molecule has 0 unspecified atom stereocenters. The molecule has 0 fully saturated rings. The molecule has 0 aliphatic carbocycles. The standard InChI is InChI=1S/C17H19BrN2O2/c1-12-7-8-16(13(2)9-12)22-11-20-17(21)19-10-14-5-3-4-6-15(14)18/h3-9H,10-11H2,1-2H3,(H2,19,20,21). The molecule has 4 nitrogen and oxygen atoms in total. The van der Waals surface area contributed by atoms with E-state index in [0.29, 0.717) is 6.54 Å². The summed E-state index contributed by atoms with van der Waals surface area (Å²) in [5.41, 5.74) is 3.26. The minimum atomic E-state index is -0.263. The molecule has 22 heavy (non-hydrogen) atoms. The van der Waals surface area contributed by atoms with Gasteiger partial charge < -0.3 is 15.4 Å². The molecule has 2 aromatic rings. The van der Waals surface area contributed by atoms with E-state index in [2.05, 4.69) is 26.6 Å². The number of carbonyl (C=O) groups is 1. The fraction of sp³-hybridized carbons (Fsp3) is 0.235. The Kier molecular flexibility index (Phi) is 5.83. The van der Waals surface area contributed by atoms with Gasteiger partial charge in [-0.1, -0.05) is 51.8 Å². The normalized spacial score (nSPS) is 10.1. The number of hydrogen-bond donors (Lipinski definition) is 2. The number of halogens is 1. The van der Waals surface area contributed by atoms with Gasteiger partial charge in [0.2, 0.25) is 0 Å². The summed E-state index contributed by atoms with van der Waals surface area (Å²) in [5, 5.41) is 5.46. The van der Waals surface area contributed by atoms with Crippen LogP contribution in [0.3, 0.4) is 0 Å². The van der Waals surface area contributed by atoms with Crippen LogP contribution in [0.25, 0.3) is 0 Å². The van der Waals surface area contributed by atoms with Crippen molar-refractivity contribution >= 4 is 22.0 Å². The molecule has 2 N–H and O–H groups in total. The number of rotatable bonds is 5. The third kappa shape index (κ3) is 4.77. The summed E-state index contributed by atoms with van der Waals surface area (Å²) in [6, 6.07) is 13.4. The third-order valence-corrected chi connectivity index (χ3v) is 3.96. The largest absolute Gasteiger partial charge is 0.473 e. The lowest BCUT2D eigenvalue weighted by atomic mass is 10.1. The van der Waals surface area contributed by atoms with Crippen LogP contribution in [0.1, 0.15) is 16.7 Å². The molecule has 0 aliphatic rings. The van der Waals surface area contributed by atoms with Crippen molar-refractivity contribution in [2.75, 3.05) is 6.73 Å². The van der Waals surface area contributed by atoms with Crippen molar-refractivity contribution < 1.29 is 9.53 Å². The van der Waals surface area contributed by atoms with Crippen LogP contribution < -0.4 is 15.4 Å². The highest BCUT2D eigenvalue weighted by molar-refractivity contribution is 9.10. The molecule has 0 bridgehead atoms. The Hall–Kier alpha value is -2.01. The van der Waals surface area contributed by atoms with E-state index in [4.69, 9.17) is 4.74 Å². The first-order valence-corrected chi connectivity index (χ1v) is 7.80. The monoisotopic (exact) mass is 362 g/mol. The molecule has 0 saturated heterocycles. The Morgan fingerprint density at radius 3 is 2.64 bits per heavy atom. The number of nitrogens with one attached hydrogen (secondary N) is 2. The van der Waals surface area contributed by atoms with E-state index in [1.807, 2.05) is 56.3 Å². The third-order valence-electron chi connectivity index (χ3n) is 3.19. The molecule has 0 radical (unpaired) electrons. The molecule has 0 spiro atoms. The van der Waals surface area contributed by atoms with Crippen LogP contribution in [0, 0.1) is 13.8 Å². The zero-order valence-corrected chi connectivity index (χ0v) is 14.2. The van der Waals surface area contributed by atoms with Crippen LogP contribution in [0.15, 0.2) is 46.9 Å². The number of urea groups is 1. The zero-order valence-electron chi connectivity index (χ0n) is 12.7. The summed E-state index contributed by atoms with van der Waals surface area (Å²) in [6.45, 7) is 4.60. The highest BCUT2D eigenvalue weighted by Gasteiger charge is 2.04. The predicted octanol–water partition coefficient (Wildman–Crippen LogP) is 3.90. The van der Waals surface area contributed by atoms with Crippen molar-refractivity contribution in [3.05, 3.63) is 63.6 Å². The van der Waals surface area contributed by atoms with Gasteiger partial charge >= 0.3 is 6.03 Å². The lowest BCUT2D eigenvalue weighted by molar-refractivity contribution is 0.223. The number of benzene rings is 2. The summed E-state index contributed by atoms with van der Waals surface area (Å²) in [7, 11) is 0. The highest BCUT2D eigenvalue weighted by Crippen LogP contribution is 2.18. The second kappa shape index (κ2) is 7.84. The van der Waals surface area contributed by atoms with Gasteiger partial charge in [-0.3, -0.25) is 0 Å². The molecule has 0 atom stereocenters. The van der Waals surface area contributed by atoms with E-state index in [-0.39, 0.29) is 12.8 Å². The Morgan fingerprint density at radius 2 is 1.91 bits per heavy atom. The van der Waals surface area contributed by atoms with E-state index in [9.17, 15) is 4.79 Å². The Balaban J connectivity index is 1.75. The highest BCUT2D eigenvalue weighted by atomic mass is 79.9. The van der Waals surface area contributed by atoms with Gasteiger partial charge in [0.05, 0.1) is 0 Å². The second-order valence-electron chi connectivity index (χ2n) is 5.01. The lowest BCUT2D eigenvalue weighted by Gasteiger charge is -2.12. The zero-order chi connectivity index (χ0) is 15.9. The molecule has 0 aliphatic heterocycles. The van der Waals surface area contributed by atoms with Crippen molar-refractivity contribution in [3.8, 4) is 5.75 Å². The molecule has 5 heteroatoms. The van der Waals surface area contributed by atoms with E-state index >= 15 is 0 Å². The summed E-state index contributed by atoms with van der Waals surface area (Å²) >= 11 is 3.45. The quantitative estimate of drug-likeness (QED) is 0.792. The maximum atomic E-state index is 11.7. The molecule has 0 heterocycles. The van der Waals surface area contributed by atoms with Crippen molar-refractivity contribution in [1.82, 2.24) is 10.6 Å². The molecule has 0 aromatic heterocycles. The van der Waals surface area contributed by atoms with Gasteiger partial charge in [-0.05, 0) is 37.1 Å². The molecule has 2 aromatic carbocycles. The van der Waals surface area contributed by atoms with Gasteiger partial charge in [-0.15, -0.1) is 0 Å². The maximum absolute atomic E-state index is 11.7. The first-order chi connectivity index (χ1) is 10.6. The average Bonchev–Trinajstić information content (AvgIpc) is 2.49. The molecule has 2 amide bonds. The molecule has 116 valence electrons. The number of aryl methyl sites for hydroxylation is 2. The summed E-state index contributed by atoms with van der Waals surface area (Å²) in [4.78, 5) is 11.7. The number of carbonyl (C=O) groups excluding carboxylic acids is 1. The summed E-state index contributed by atoms with van der Waals surface area (Å²) in [5.74, 6) is 0.775. The van der Waals surface area contributed by atoms with E-state index in [0.717, 1.165) is 21.3 Å². The fourth-order valence-corrected chi connectivity index (χ4v) is 2.45. The van der Waals surface area contributed by atoms with Crippen molar-refractivity contribution in [2.24, 2.45) is 0 Å². The van der Waals surface area contributed by atoms with Crippen molar-refractivity contribution in [1.29, 1.82) is 0 Å². The summed E-state index contributed by atoms with van der Waals surface area (Å²) in [6.07, 6.45) is 0. The van der Waals surface area contributed by atoms with Crippen LogP contribution in [0.5, 0.6) is 5.75 Å². The van der Waals surface area contributed by atoms with Crippen molar-refractivity contribution in [3.63, 3.8) is 0 Å². The smallest absolute Gasteiger partial charge is 0.317 e. The van der Waals surface area contributed by atoms with Gasteiger partial charge in [0.1, 0.15) is 5.75 Å². The van der Waals surface area contributed by atoms with Gasteiger partial charge in [0.25, 0.3) is 0 Å². The molecular formula is C17H19BrN2O2. The van der Waals surface area contributed by atoms with Crippen molar-refractivity contribution in [2.45, 2.75) is 20.4 Å². The van der Waals surface area contributed by atoms with E-state index in [1.54, 1.807) is 0 Å². The van der Waals surface area contributed by atoms with Crippen LogP contribution in [0.2, 0.25) is 0 Å². The molecule has 0 saturated carbocycles. The van der Waals surface area contributed by atoms with E-state index in [1.165, 1.54) is 5.56 Å². The maximum Gasteiger partial charge on any atom is 0.317 e. The van der Waals surface area contributed by atoms with Gasteiger partial charge in [-0.2, -0.15) is 0 Å². The number of ether oxygens (including phenoxy) is 1. The van der Waals surface area contributed by atoms with E-state index < -0.39 is 0 Å². The van der Waals surface area contributed by atoms with Gasteiger partial charge in [-0.25, -0.2) is 4.79 Å². The molecular weight excluding hydrogens is 344 g/mol. The SMILES string of the molecule is Cc1ccc(OCNC(=O)NCc2ccccc2Br)c(C)c1. The van der Waals surface area contributed by atoms with Gasteiger partial charge in [0, 0.05) is 11.0 Å². The summed E-state index contributed by atoms with van der Waals surface area (Å²) < 4.78 is 6.53. The Labute approximate surface area is 139 Å². The fourth-order valence-electron chi connectivity index (χ4n) is 2.02. The molecule has 2 rings (SSSR count). The predicted molar refractivity (Wildman–Crippen MR) is 90.9 cm³/mol. The number of hydrogen-bond acceptors (Lipinski definition) is 2. The first-order valence-electron chi connectivity index (χ1n) is 7.01. The lowest BCUT2D eigenvalue weighted by Crippen LogP contribution is -2.37. The van der Waals surface area contributed by atoms with Crippen LogP contribution in [0.4, 0.5) is 4.79 Å². The second-order valence-corrected chi connectivity index (χ2v) is 5.86. The van der Waals surface area contributed by atoms with Crippen LogP contribution >= 0.6 is 15.9 Å². The Bertz CT molecular complexity index is 659. The van der Waals surface area contributed by atoms with Crippen LogP contribution in [-0.2, 0) is 6.54 Å². The topological polar surface area (TPSA) is 50.4 Å².